The van der Waals surface area contributed by atoms with E-state index < -0.39 is 5.82 Å². The lowest BCUT2D eigenvalue weighted by atomic mass is 10.1. The van der Waals surface area contributed by atoms with E-state index in [2.05, 4.69) is 11.1 Å². The van der Waals surface area contributed by atoms with Gasteiger partial charge in [0.05, 0.1) is 34.2 Å². The van der Waals surface area contributed by atoms with Gasteiger partial charge in [-0.25, -0.2) is 9.37 Å². The Kier molecular flexibility index (Phi) is 3.24. The molecule has 21 heavy (non-hydrogen) atoms. The minimum absolute atomic E-state index is 0.0226. The van der Waals surface area contributed by atoms with Crippen molar-refractivity contribution in [3.8, 4) is 6.07 Å². The minimum atomic E-state index is -0.528. The number of aromatic nitrogens is 2. The van der Waals surface area contributed by atoms with Crippen LogP contribution in [0.15, 0.2) is 36.4 Å². The maximum Gasteiger partial charge on any atom is 0.201 e. The highest BCUT2D eigenvalue weighted by atomic mass is 35.5. The number of halogens is 2. The number of nitriles is 1. The summed E-state index contributed by atoms with van der Waals surface area (Å²) in [7, 11) is 0. The predicted molar refractivity (Wildman–Crippen MR) is 79.4 cm³/mol. The summed E-state index contributed by atoms with van der Waals surface area (Å²) in [6, 6.07) is 12.0. The second-order valence-electron chi connectivity index (χ2n) is 4.62. The summed E-state index contributed by atoms with van der Waals surface area (Å²) in [6.07, 6.45) is 0. The molecule has 0 radical (unpaired) electrons. The molecular weight excluding hydrogens is 291 g/mol. The van der Waals surface area contributed by atoms with Crippen molar-refractivity contribution in [1.82, 2.24) is 9.55 Å². The number of fused-ring (bicyclic) bond motifs is 1. The number of nitrogens with two attached hydrogens (primary N) is 1. The zero-order valence-corrected chi connectivity index (χ0v) is 11.6. The van der Waals surface area contributed by atoms with Crippen molar-refractivity contribution in [3.63, 3.8) is 0 Å². The van der Waals surface area contributed by atoms with Crippen LogP contribution in [0.5, 0.6) is 0 Å². The average Bonchev–Trinajstić information content (AvgIpc) is 2.76. The lowest BCUT2D eigenvalue weighted by Gasteiger charge is -2.07. The highest BCUT2D eigenvalue weighted by Gasteiger charge is 2.12. The molecule has 1 heterocycles. The molecule has 2 aromatic carbocycles. The van der Waals surface area contributed by atoms with E-state index in [4.69, 9.17) is 22.6 Å². The Morgan fingerprint density at radius 1 is 1.33 bits per heavy atom. The molecule has 2 N–H and O–H groups in total. The largest absolute Gasteiger partial charge is 0.369 e. The van der Waals surface area contributed by atoms with Gasteiger partial charge in [-0.2, -0.15) is 5.26 Å². The van der Waals surface area contributed by atoms with Gasteiger partial charge in [0.2, 0.25) is 5.95 Å². The summed E-state index contributed by atoms with van der Waals surface area (Å²) in [5.74, 6) is -0.255. The van der Waals surface area contributed by atoms with Gasteiger partial charge in [0.25, 0.3) is 0 Å². The Labute approximate surface area is 125 Å². The molecule has 0 amide bonds. The first-order valence-electron chi connectivity index (χ1n) is 6.18. The summed E-state index contributed by atoms with van der Waals surface area (Å²) in [6.45, 7) is 0.430. The molecular formula is C15H10ClFN4. The fourth-order valence-electron chi connectivity index (χ4n) is 2.23. The lowest BCUT2D eigenvalue weighted by Crippen LogP contribution is -2.04. The molecule has 0 saturated heterocycles. The van der Waals surface area contributed by atoms with Gasteiger partial charge in [-0.3, -0.25) is 0 Å². The third kappa shape index (κ3) is 2.41. The number of hydrogen-bond donors (Lipinski definition) is 1. The van der Waals surface area contributed by atoms with Gasteiger partial charge in [-0.1, -0.05) is 23.7 Å². The smallest absolute Gasteiger partial charge is 0.201 e. The van der Waals surface area contributed by atoms with Crippen LogP contribution in [0.3, 0.4) is 0 Å². The third-order valence-corrected chi connectivity index (χ3v) is 3.51. The van der Waals surface area contributed by atoms with E-state index in [0.717, 1.165) is 5.56 Å². The number of benzene rings is 2. The molecule has 0 atom stereocenters. The Bertz CT molecular complexity index is 879. The van der Waals surface area contributed by atoms with Gasteiger partial charge in [0, 0.05) is 6.07 Å². The van der Waals surface area contributed by atoms with Crippen LogP contribution in [-0.4, -0.2) is 9.55 Å². The summed E-state index contributed by atoms with van der Waals surface area (Å²) >= 11 is 5.82. The molecule has 104 valence electrons. The fraction of sp³-hybridized carbons (Fsp3) is 0.0667. The Morgan fingerprint density at radius 3 is 2.90 bits per heavy atom. The van der Waals surface area contributed by atoms with E-state index in [1.54, 1.807) is 22.8 Å². The highest BCUT2D eigenvalue weighted by molar-refractivity contribution is 6.31. The summed E-state index contributed by atoms with van der Waals surface area (Å²) in [5.41, 5.74) is 8.47. The van der Waals surface area contributed by atoms with Gasteiger partial charge in [-0.15, -0.1) is 0 Å². The van der Waals surface area contributed by atoms with Crippen LogP contribution in [0.2, 0.25) is 5.02 Å². The quantitative estimate of drug-likeness (QED) is 0.789. The van der Waals surface area contributed by atoms with E-state index in [1.165, 1.54) is 12.1 Å². The highest BCUT2D eigenvalue weighted by Crippen LogP contribution is 2.25. The third-order valence-electron chi connectivity index (χ3n) is 3.22. The van der Waals surface area contributed by atoms with Crippen LogP contribution in [0.25, 0.3) is 11.0 Å². The van der Waals surface area contributed by atoms with Crippen LogP contribution in [0, 0.1) is 17.1 Å². The zero-order valence-electron chi connectivity index (χ0n) is 10.8. The van der Waals surface area contributed by atoms with E-state index in [1.807, 2.05) is 6.07 Å². The second-order valence-corrected chi connectivity index (χ2v) is 5.03. The van der Waals surface area contributed by atoms with Crippen molar-refractivity contribution in [2.45, 2.75) is 6.54 Å². The molecule has 4 nitrogen and oxygen atoms in total. The summed E-state index contributed by atoms with van der Waals surface area (Å²) in [5, 5.41) is 8.95. The number of hydrogen-bond acceptors (Lipinski definition) is 3. The molecule has 3 aromatic rings. The van der Waals surface area contributed by atoms with Crippen molar-refractivity contribution in [3.05, 3.63) is 58.4 Å². The van der Waals surface area contributed by atoms with Crippen molar-refractivity contribution in [2.24, 2.45) is 0 Å². The first-order chi connectivity index (χ1) is 10.1. The summed E-state index contributed by atoms with van der Waals surface area (Å²) in [4.78, 5) is 4.13. The molecule has 6 heteroatoms. The fourth-order valence-corrected chi connectivity index (χ4v) is 2.38. The van der Waals surface area contributed by atoms with Crippen LogP contribution < -0.4 is 5.73 Å². The lowest BCUT2D eigenvalue weighted by molar-refractivity contribution is 0.629. The van der Waals surface area contributed by atoms with E-state index in [-0.39, 0.29) is 11.0 Å². The molecule has 0 aliphatic heterocycles. The zero-order chi connectivity index (χ0) is 15.0. The molecule has 0 spiro atoms. The van der Waals surface area contributed by atoms with E-state index in [0.29, 0.717) is 23.1 Å². The summed E-state index contributed by atoms with van der Waals surface area (Å²) < 4.78 is 15.2. The molecule has 1 aromatic heterocycles. The topological polar surface area (TPSA) is 67.6 Å². The molecule has 0 aliphatic carbocycles. The average molecular weight is 301 g/mol. The van der Waals surface area contributed by atoms with Crippen molar-refractivity contribution in [1.29, 1.82) is 5.26 Å². The normalized spacial score (nSPS) is 10.7. The van der Waals surface area contributed by atoms with Crippen molar-refractivity contribution >= 4 is 28.6 Å². The molecule has 3 rings (SSSR count). The Morgan fingerprint density at radius 2 is 2.14 bits per heavy atom. The van der Waals surface area contributed by atoms with Crippen LogP contribution in [0.4, 0.5) is 10.3 Å². The van der Waals surface area contributed by atoms with Crippen LogP contribution in [0.1, 0.15) is 11.1 Å². The maximum absolute atomic E-state index is 13.5. The Balaban J connectivity index is 2.10. The van der Waals surface area contributed by atoms with E-state index >= 15 is 0 Å². The van der Waals surface area contributed by atoms with Gasteiger partial charge in [0.1, 0.15) is 5.82 Å². The number of nitrogen functional groups attached to an aromatic ring is 1. The predicted octanol–water partition coefficient (Wildman–Crippen LogP) is 3.33. The van der Waals surface area contributed by atoms with Gasteiger partial charge < -0.3 is 10.3 Å². The molecule has 0 saturated carbocycles. The first-order valence-corrected chi connectivity index (χ1v) is 6.56. The van der Waals surface area contributed by atoms with Crippen LogP contribution >= 0.6 is 11.6 Å². The van der Waals surface area contributed by atoms with Crippen LogP contribution in [-0.2, 0) is 6.54 Å². The number of rotatable bonds is 2. The number of imidazole rings is 1. The monoisotopic (exact) mass is 300 g/mol. The standard InChI is InChI=1S/C15H10ClFN4/c16-11-5-14-13(6-12(11)17)20-15(19)21(14)8-10-3-1-2-9(4-10)7-18/h1-6H,8H2,(H2,19,20). The molecule has 0 aliphatic rings. The SMILES string of the molecule is N#Cc1cccc(Cn2c(N)nc3cc(F)c(Cl)cc32)c1. The molecule has 0 fully saturated rings. The van der Waals surface area contributed by atoms with Gasteiger partial charge in [0.15, 0.2) is 0 Å². The van der Waals surface area contributed by atoms with Gasteiger partial charge in [-0.05, 0) is 23.8 Å². The first kappa shape index (κ1) is 13.4. The van der Waals surface area contributed by atoms with Crippen molar-refractivity contribution < 1.29 is 4.39 Å². The number of anilines is 1. The second kappa shape index (κ2) is 5.08. The molecule has 0 unspecified atom stereocenters. The minimum Gasteiger partial charge on any atom is -0.369 e. The molecule has 0 bridgehead atoms. The van der Waals surface area contributed by atoms with Crippen molar-refractivity contribution in [2.75, 3.05) is 5.73 Å². The van der Waals surface area contributed by atoms with Gasteiger partial charge >= 0.3 is 0 Å². The Hall–Kier alpha value is -2.58. The number of nitrogens with zero attached hydrogens (tertiary/aromatic N) is 3. The van der Waals surface area contributed by atoms with E-state index in [9.17, 15) is 4.39 Å². The maximum atomic E-state index is 13.5.